The Labute approximate surface area is 116 Å². The van der Waals surface area contributed by atoms with Crippen molar-refractivity contribution in [3.8, 4) is 5.69 Å². The molecule has 0 aliphatic rings. The molecule has 1 aromatic carbocycles. The van der Waals surface area contributed by atoms with Crippen molar-refractivity contribution in [3.05, 3.63) is 60.2 Å². The fourth-order valence-electron chi connectivity index (χ4n) is 2.00. The summed E-state index contributed by atoms with van der Waals surface area (Å²) >= 11 is 0. The van der Waals surface area contributed by atoms with Crippen molar-refractivity contribution < 1.29 is 5.11 Å². The number of nitrogens with zero attached hydrogens (tertiary/aromatic N) is 5. The van der Waals surface area contributed by atoms with E-state index in [0.29, 0.717) is 13.0 Å². The van der Waals surface area contributed by atoms with Crippen LogP contribution in [0.2, 0.25) is 0 Å². The number of aromatic nitrogens is 5. The molecule has 0 aliphatic heterocycles. The van der Waals surface area contributed by atoms with Crippen molar-refractivity contribution in [1.82, 2.24) is 24.8 Å². The number of hydrogen-bond acceptors (Lipinski definition) is 4. The highest BCUT2D eigenvalue weighted by Gasteiger charge is 2.04. The maximum atomic E-state index is 8.86. The lowest BCUT2D eigenvalue weighted by atomic mass is 10.3. The molecule has 2 heterocycles. The minimum Gasteiger partial charge on any atom is -0.396 e. The van der Waals surface area contributed by atoms with Gasteiger partial charge < -0.3 is 5.11 Å². The molecule has 0 spiro atoms. The highest BCUT2D eigenvalue weighted by molar-refractivity contribution is 5.30. The maximum absolute atomic E-state index is 8.86. The standard InChI is InChI=1S/C14H15N5O/c20-7-6-13-11-18(17-16-13)9-12-8-15-19(10-12)14-4-2-1-3-5-14/h1-5,8,10-11,20H,6-7,9H2. The Morgan fingerprint density at radius 2 is 1.95 bits per heavy atom. The van der Waals surface area contributed by atoms with Crippen LogP contribution in [0, 0.1) is 0 Å². The van der Waals surface area contributed by atoms with Gasteiger partial charge in [0.25, 0.3) is 0 Å². The molecule has 3 aromatic rings. The number of hydrogen-bond donors (Lipinski definition) is 1. The molecule has 0 bridgehead atoms. The van der Waals surface area contributed by atoms with Crippen LogP contribution in [-0.2, 0) is 13.0 Å². The molecular formula is C14H15N5O. The quantitative estimate of drug-likeness (QED) is 0.751. The van der Waals surface area contributed by atoms with E-state index in [1.54, 1.807) is 4.68 Å². The third kappa shape index (κ3) is 2.75. The second-order valence-corrected chi connectivity index (χ2v) is 4.51. The van der Waals surface area contributed by atoms with Gasteiger partial charge in [0.1, 0.15) is 0 Å². The third-order valence-electron chi connectivity index (χ3n) is 2.96. The minimum absolute atomic E-state index is 0.0879. The number of aliphatic hydroxyl groups is 1. The van der Waals surface area contributed by atoms with Gasteiger partial charge in [-0.25, -0.2) is 9.36 Å². The number of aliphatic hydroxyl groups excluding tert-OH is 1. The van der Waals surface area contributed by atoms with E-state index in [1.807, 2.05) is 53.6 Å². The fraction of sp³-hybridized carbons (Fsp3) is 0.214. The maximum Gasteiger partial charge on any atom is 0.0850 e. The molecule has 0 aliphatic carbocycles. The van der Waals surface area contributed by atoms with Crippen molar-refractivity contribution in [2.75, 3.05) is 6.61 Å². The first kappa shape index (κ1) is 12.6. The predicted octanol–water partition coefficient (Wildman–Crippen LogP) is 1.05. The topological polar surface area (TPSA) is 68.8 Å². The third-order valence-corrected chi connectivity index (χ3v) is 2.96. The fourth-order valence-corrected chi connectivity index (χ4v) is 2.00. The normalized spacial score (nSPS) is 10.8. The molecule has 2 aromatic heterocycles. The lowest BCUT2D eigenvalue weighted by Gasteiger charge is -1.99. The lowest BCUT2D eigenvalue weighted by Crippen LogP contribution is -1.99. The van der Waals surface area contributed by atoms with E-state index < -0.39 is 0 Å². The van der Waals surface area contributed by atoms with Crippen LogP contribution in [0.4, 0.5) is 0 Å². The number of para-hydroxylation sites is 1. The van der Waals surface area contributed by atoms with E-state index in [2.05, 4.69) is 15.4 Å². The first-order valence-corrected chi connectivity index (χ1v) is 6.44. The molecule has 102 valence electrons. The lowest BCUT2D eigenvalue weighted by molar-refractivity contribution is 0.298. The molecular weight excluding hydrogens is 254 g/mol. The van der Waals surface area contributed by atoms with Gasteiger partial charge in [-0.3, -0.25) is 0 Å². The summed E-state index contributed by atoms with van der Waals surface area (Å²) in [6.45, 7) is 0.704. The molecule has 0 saturated carbocycles. The van der Waals surface area contributed by atoms with E-state index in [0.717, 1.165) is 16.9 Å². The Hall–Kier alpha value is -2.47. The Morgan fingerprint density at radius 1 is 1.10 bits per heavy atom. The van der Waals surface area contributed by atoms with Crippen LogP contribution in [0.5, 0.6) is 0 Å². The van der Waals surface area contributed by atoms with Gasteiger partial charge >= 0.3 is 0 Å². The van der Waals surface area contributed by atoms with Crippen LogP contribution >= 0.6 is 0 Å². The molecule has 0 atom stereocenters. The Balaban J connectivity index is 1.73. The molecule has 20 heavy (non-hydrogen) atoms. The highest BCUT2D eigenvalue weighted by Crippen LogP contribution is 2.08. The van der Waals surface area contributed by atoms with Crippen LogP contribution in [0.1, 0.15) is 11.3 Å². The van der Waals surface area contributed by atoms with Gasteiger partial charge in [-0.15, -0.1) is 5.10 Å². The summed E-state index contributed by atoms with van der Waals surface area (Å²) in [5.41, 5.74) is 2.87. The van der Waals surface area contributed by atoms with Crippen molar-refractivity contribution in [2.45, 2.75) is 13.0 Å². The van der Waals surface area contributed by atoms with Crippen LogP contribution in [0.3, 0.4) is 0 Å². The zero-order chi connectivity index (χ0) is 13.8. The van der Waals surface area contributed by atoms with E-state index in [4.69, 9.17) is 5.11 Å². The first-order chi connectivity index (χ1) is 9.85. The number of benzene rings is 1. The molecule has 0 saturated heterocycles. The SMILES string of the molecule is OCCc1cn(Cc2cnn(-c3ccccc3)c2)nn1. The van der Waals surface area contributed by atoms with Crippen LogP contribution in [-0.4, -0.2) is 36.5 Å². The zero-order valence-electron chi connectivity index (χ0n) is 10.9. The molecule has 0 unspecified atom stereocenters. The minimum atomic E-state index is 0.0879. The second kappa shape index (κ2) is 5.66. The van der Waals surface area contributed by atoms with E-state index in [9.17, 15) is 0 Å². The molecule has 3 rings (SSSR count). The van der Waals surface area contributed by atoms with Crippen molar-refractivity contribution in [2.24, 2.45) is 0 Å². The summed E-state index contributed by atoms with van der Waals surface area (Å²) in [7, 11) is 0. The summed E-state index contributed by atoms with van der Waals surface area (Å²) in [6, 6.07) is 9.95. The van der Waals surface area contributed by atoms with Crippen molar-refractivity contribution in [3.63, 3.8) is 0 Å². The molecule has 6 nitrogen and oxygen atoms in total. The van der Waals surface area contributed by atoms with Crippen molar-refractivity contribution >= 4 is 0 Å². The summed E-state index contributed by atoms with van der Waals surface area (Å²) in [4.78, 5) is 0. The van der Waals surface area contributed by atoms with Crippen molar-refractivity contribution in [1.29, 1.82) is 0 Å². The monoisotopic (exact) mass is 269 g/mol. The second-order valence-electron chi connectivity index (χ2n) is 4.51. The van der Waals surface area contributed by atoms with E-state index >= 15 is 0 Å². The van der Waals surface area contributed by atoms with Crippen LogP contribution < -0.4 is 0 Å². The molecule has 0 fully saturated rings. The average molecular weight is 269 g/mol. The summed E-state index contributed by atoms with van der Waals surface area (Å²) < 4.78 is 3.58. The Kier molecular flexibility index (Phi) is 3.56. The zero-order valence-corrected chi connectivity index (χ0v) is 10.9. The van der Waals surface area contributed by atoms with Gasteiger partial charge in [0.15, 0.2) is 0 Å². The molecule has 0 radical (unpaired) electrons. The molecule has 0 amide bonds. The van der Waals surface area contributed by atoms with Crippen LogP contribution in [0.15, 0.2) is 48.9 Å². The van der Waals surface area contributed by atoms with Crippen LogP contribution in [0.25, 0.3) is 5.69 Å². The summed E-state index contributed by atoms with van der Waals surface area (Å²) in [6.07, 6.45) is 6.17. The summed E-state index contributed by atoms with van der Waals surface area (Å²) in [5, 5.41) is 21.2. The summed E-state index contributed by atoms with van der Waals surface area (Å²) in [5.74, 6) is 0. The largest absolute Gasteiger partial charge is 0.396 e. The van der Waals surface area contributed by atoms with Gasteiger partial charge in [-0.1, -0.05) is 23.4 Å². The number of rotatable bonds is 5. The highest BCUT2D eigenvalue weighted by atomic mass is 16.3. The van der Waals surface area contributed by atoms with E-state index in [1.165, 1.54) is 0 Å². The molecule has 6 heteroatoms. The van der Waals surface area contributed by atoms with Gasteiger partial charge in [-0.2, -0.15) is 5.10 Å². The van der Waals surface area contributed by atoms with Gasteiger partial charge in [-0.05, 0) is 12.1 Å². The Morgan fingerprint density at radius 3 is 2.75 bits per heavy atom. The van der Waals surface area contributed by atoms with Gasteiger partial charge in [0.05, 0.1) is 24.1 Å². The smallest absolute Gasteiger partial charge is 0.0850 e. The predicted molar refractivity (Wildman–Crippen MR) is 73.5 cm³/mol. The average Bonchev–Trinajstić information content (AvgIpc) is 3.11. The molecule has 1 N–H and O–H groups in total. The first-order valence-electron chi connectivity index (χ1n) is 6.44. The van der Waals surface area contributed by atoms with Gasteiger partial charge in [0, 0.05) is 31.0 Å². The van der Waals surface area contributed by atoms with Gasteiger partial charge in [0.2, 0.25) is 0 Å². The Bertz CT molecular complexity index is 674. The van der Waals surface area contributed by atoms with E-state index in [-0.39, 0.29) is 6.61 Å².